The van der Waals surface area contributed by atoms with E-state index in [1.54, 1.807) is 31.4 Å². The summed E-state index contributed by atoms with van der Waals surface area (Å²) < 4.78 is 1.00. The lowest BCUT2D eigenvalue weighted by Gasteiger charge is -2.11. The van der Waals surface area contributed by atoms with Crippen molar-refractivity contribution < 1.29 is 4.79 Å². The van der Waals surface area contributed by atoms with Crippen LogP contribution in [0.1, 0.15) is 10.5 Å². The first-order valence-corrected chi connectivity index (χ1v) is 8.04. The lowest BCUT2D eigenvalue weighted by Crippen LogP contribution is -2.26. The summed E-state index contributed by atoms with van der Waals surface area (Å²) in [6.45, 7) is 0. The minimum absolute atomic E-state index is 0.209. The maximum absolute atomic E-state index is 12.3. The number of hydrogen-bond acceptors (Lipinski definition) is 5. The van der Waals surface area contributed by atoms with E-state index in [9.17, 15) is 4.79 Å². The lowest BCUT2D eigenvalue weighted by atomic mass is 10.2. The summed E-state index contributed by atoms with van der Waals surface area (Å²) in [5.74, 6) is -0.209. The van der Waals surface area contributed by atoms with Crippen molar-refractivity contribution in [3.63, 3.8) is 0 Å². The molecular weight excluding hydrogens is 364 g/mol. The van der Waals surface area contributed by atoms with Crippen LogP contribution in [0.15, 0.2) is 53.1 Å². The number of halogens is 1. The molecule has 5 nitrogen and oxygen atoms in total. The average molecular weight is 375 g/mol. The zero-order chi connectivity index (χ0) is 15.5. The molecule has 22 heavy (non-hydrogen) atoms. The maximum atomic E-state index is 12.3. The highest BCUT2D eigenvalue weighted by molar-refractivity contribution is 9.10. The van der Waals surface area contributed by atoms with Crippen LogP contribution in [0.5, 0.6) is 0 Å². The molecule has 110 valence electrons. The Balaban J connectivity index is 1.84. The number of benzene rings is 1. The van der Waals surface area contributed by atoms with Crippen molar-refractivity contribution in [2.75, 3.05) is 11.9 Å². The largest absolute Gasteiger partial charge is 0.284 e. The van der Waals surface area contributed by atoms with E-state index in [0.29, 0.717) is 10.8 Å². The molecule has 1 amide bonds. The molecule has 0 saturated heterocycles. The molecule has 3 rings (SSSR count). The molecule has 0 aliphatic heterocycles. The van der Waals surface area contributed by atoms with Gasteiger partial charge < -0.3 is 0 Å². The molecular formula is C15H11BrN4OS. The SMILES string of the molecule is CN(C(=O)c1ccccn1)c1nnc(-c2ccc(Br)cc2)s1. The molecule has 2 aromatic heterocycles. The highest BCUT2D eigenvalue weighted by Gasteiger charge is 2.18. The van der Waals surface area contributed by atoms with Gasteiger partial charge in [0.05, 0.1) is 0 Å². The van der Waals surface area contributed by atoms with Crippen LogP contribution in [-0.2, 0) is 0 Å². The van der Waals surface area contributed by atoms with Gasteiger partial charge in [0, 0.05) is 23.3 Å². The number of amides is 1. The minimum atomic E-state index is -0.209. The van der Waals surface area contributed by atoms with E-state index in [0.717, 1.165) is 15.0 Å². The van der Waals surface area contributed by atoms with Gasteiger partial charge in [-0.25, -0.2) is 0 Å². The van der Waals surface area contributed by atoms with Crippen LogP contribution in [0.3, 0.4) is 0 Å². The summed E-state index contributed by atoms with van der Waals surface area (Å²) in [6.07, 6.45) is 1.59. The number of hydrogen-bond donors (Lipinski definition) is 0. The second kappa shape index (κ2) is 6.33. The molecule has 0 fully saturated rings. The van der Waals surface area contributed by atoms with Crippen LogP contribution < -0.4 is 4.90 Å². The molecule has 0 radical (unpaired) electrons. The number of carbonyl (C=O) groups is 1. The van der Waals surface area contributed by atoms with Crippen LogP contribution in [-0.4, -0.2) is 28.1 Å². The average Bonchev–Trinajstić information content (AvgIpc) is 3.05. The first-order valence-electron chi connectivity index (χ1n) is 6.43. The zero-order valence-electron chi connectivity index (χ0n) is 11.6. The van der Waals surface area contributed by atoms with E-state index in [1.807, 2.05) is 24.3 Å². The highest BCUT2D eigenvalue weighted by Crippen LogP contribution is 2.29. The molecule has 2 heterocycles. The Kier molecular flexibility index (Phi) is 4.26. The fraction of sp³-hybridized carbons (Fsp3) is 0.0667. The van der Waals surface area contributed by atoms with Crippen molar-refractivity contribution >= 4 is 38.3 Å². The first kappa shape index (κ1) is 14.8. The summed E-state index contributed by atoms with van der Waals surface area (Å²) in [5, 5.41) is 9.55. The van der Waals surface area contributed by atoms with E-state index in [-0.39, 0.29) is 5.91 Å². The van der Waals surface area contributed by atoms with Gasteiger partial charge in [0.15, 0.2) is 0 Å². The number of pyridine rings is 1. The summed E-state index contributed by atoms with van der Waals surface area (Å²) >= 11 is 4.76. The van der Waals surface area contributed by atoms with Crippen LogP contribution in [0.25, 0.3) is 10.6 Å². The quantitative estimate of drug-likeness (QED) is 0.701. The molecule has 0 bridgehead atoms. The van der Waals surface area contributed by atoms with Crippen molar-refractivity contribution in [2.45, 2.75) is 0 Å². The second-order valence-corrected chi connectivity index (χ2v) is 6.35. The third kappa shape index (κ3) is 3.05. The molecule has 3 aromatic rings. The van der Waals surface area contributed by atoms with Crippen molar-refractivity contribution in [2.24, 2.45) is 0 Å². The van der Waals surface area contributed by atoms with Gasteiger partial charge in [0.25, 0.3) is 5.91 Å². The summed E-state index contributed by atoms with van der Waals surface area (Å²) in [6, 6.07) is 13.0. The zero-order valence-corrected chi connectivity index (χ0v) is 14.0. The van der Waals surface area contributed by atoms with Gasteiger partial charge >= 0.3 is 0 Å². The monoisotopic (exact) mass is 374 g/mol. The third-order valence-corrected chi connectivity index (χ3v) is 4.56. The number of rotatable bonds is 3. The van der Waals surface area contributed by atoms with Gasteiger partial charge in [0.2, 0.25) is 5.13 Å². The fourth-order valence-electron chi connectivity index (χ4n) is 1.81. The van der Waals surface area contributed by atoms with Crippen LogP contribution in [0, 0.1) is 0 Å². The topological polar surface area (TPSA) is 59.0 Å². The second-order valence-electron chi connectivity index (χ2n) is 4.48. The molecule has 0 aliphatic rings. The predicted molar refractivity (Wildman–Crippen MR) is 90.0 cm³/mol. The first-order chi connectivity index (χ1) is 10.6. The van der Waals surface area contributed by atoms with Crippen molar-refractivity contribution in [3.8, 4) is 10.6 Å². The van der Waals surface area contributed by atoms with Crippen molar-refractivity contribution in [3.05, 3.63) is 58.8 Å². The normalized spacial score (nSPS) is 10.5. The Morgan fingerprint density at radius 2 is 1.91 bits per heavy atom. The number of anilines is 1. The van der Waals surface area contributed by atoms with E-state index in [2.05, 4.69) is 31.1 Å². The minimum Gasteiger partial charge on any atom is -0.284 e. The molecule has 0 atom stereocenters. The molecule has 0 N–H and O–H groups in total. The van der Waals surface area contributed by atoms with Crippen molar-refractivity contribution in [1.29, 1.82) is 0 Å². The van der Waals surface area contributed by atoms with Gasteiger partial charge in [-0.15, -0.1) is 10.2 Å². The molecule has 0 unspecified atom stereocenters. The van der Waals surface area contributed by atoms with Crippen LogP contribution in [0.4, 0.5) is 5.13 Å². The van der Waals surface area contributed by atoms with Crippen LogP contribution >= 0.6 is 27.3 Å². The molecule has 0 spiro atoms. The molecule has 0 aliphatic carbocycles. The van der Waals surface area contributed by atoms with E-state index in [1.165, 1.54) is 16.2 Å². The Hall–Kier alpha value is -2.12. The smallest absolute Gasteiger partial charge is 0.278 e. The number of carbonyl (C=O) groups excluding carboxylic acids is 1. The molecule has 0 saturated carbocycles. The van der Waals surface area contributed by atoms with Gasteiger partial charge in [0.1, 0.15) is 10.7 Å². The Labute approximate surface area is 139 Å². The lowest BCUT2D eigenvalue weighted by molar-refractivity contribution is 0.0988. The standard InChI is InChI=1S/C15H11BrN4OS/c1-20(14(21)12-4-2-3-9-17-12)15-19-18-13(22-15)10-5-7-11(16)8-6-10/h2-9H,1H3. The molecule has 7 heteroatoms. The van der Waals surface area contributed by atoms with Gasteiger partial charge in [-0.3, -0.25) is 14.7 Å². The van der Waals surface area contributed by atoms with Crippen LogP contribution in [0.2, 0.25) is 0 Å². The Morgan fingerprint density at radius 3 is 2.59 bits per heavy atom. The summed E-state index contributed by atoms with van der Waals surface area (Å²) in [7, 11) is 1.67. The summed E-state index contributed by atoms with van der Waals surface area (Å²) in [5.41, 5.74) is 1.34. The third-order valence-electron chi connectivity index (χ3n) is 2.98. The van der Waals surface area contributed by atoms with Gasteiger partial charge in [-0.05, 0) is 24.3 Å². The van der Waals surface area contributed by atoms with E-state index < -0.39 is 0 Å². The Morgan fingerprint density at radius 1 is 1.14 bits per heavy atom. The Bertz CT molecular complexity index is 789. The number of aromatic nitrogens is 3. The fourth-order valence-corrected chi connectivity index (χ4v) is 2.88. The van der Waals surface area contributed by atoms with Gasteiger partial charge in [-0.1, -0.05) is 45.5 Å². The highest BCUT2D eigenvalue weighted by atomic mass is 79.9. The van der Waals surface area contributed by atoms with Gasteiger partial charge in [-0.2, -0.15) is 0 Å². The predicted octanol–water partition coefficient (Wildman–Crippen LogP) is 3.64. The maximum Gasteiger partial charge on any atom is 0.278 e. The summed E-state index contributed by atoms with van der Waals surface area (Å²) in [4.78, 5) is 17.9. The van der Waals surface area contributed by atoms with Crippen molar-refractivity contribution in [1.82, 2.24) is 15.2 Å². The number of nitrogens with zero attached hydrogens (tertiary/aromatic N) is 4. The molecule has 1 aromatic carbocycles. The van der Waals surface area contributed by atoms with E-state index >= 15 is 0 Å². The van der Waals surface area contributed by atoms with E-state index in [4.69, 9.17) is 0 Å².